The molecular formula is C34H41NO. The molecule has 5 rings (SSSR count). The summed E-state index contributed by atoms with van der Waals surface area (Å²) in [5.41, 5.74) is 12.7. The summed E-state index contributed by atoms with van der Waals surface area (Å²) < 4.78 is 0. The van der Waals surface area contributed by atoms with E-state index in [1.54, 1.807) is 6.92 Å². The third-order valence-corrected chi connectivity index (χ3v) is 10.9. The van der Waals surface area contributed by atoms with Crippen molar-refractivity contribution in [1.29, 1.82) is 0 Å². The second kappa shape index (κ2) is 7.38. The first kappa shape index (κ1) is 24.9. The van der Waals surface area contributed by atoms with E-state index in [1.807, 2.05) is 0 Å². The number of nitrogens with zero attached hydrogens (tertiary/aromatic N) is 1. The second-order valence-corrected chi connectivity index (χ2v) is 12.9. The lowest BCUT2D eigenvalue weighted by atomic mass is 9.31. The SMILES string of the molecule is C#Cc1cc(N(C)C)c2c(c1C)C(=C)C1=C(C)[C@]3(C)C(=C)C(C(C)=O)=C(C)[C@H]4C(C)C[C@]43C[C@]1(C)C2. The number of Topliss-reactive ketones (excluding diaryl/α,β-unsaturated/α-hetero) is 1. The Bertz CT molecular complexity index is 1390. The summed E-state index contributed by atoms with van der Waals surface area (Å²) >= 11 is 0. The van der Waals surface area contributed by atoms with Crippen molar-refractivity contribution >= 4 is 17.0 Å². The van der Waals surface area contributed by atoms with Gasteiger partial charge in [-0.05, 0) is 109 Å². The summed E-state index contributed by atoms with van der Waals surface area (Å²) in [4.78, 5) is 15.1. The summed E-state index contributed by atoms with van der Waals surface area (Å²) in [6.07, 6.45) is 9.19. The topological polar surface area (TPSA) is 20.3 Å². The summed E-state index contributed by atoms with van der Waals surface area (Å²) in [7, 11) is 4.21. The first-order chi connectivity index (χ1) is 16.7. The Morgan fingerprint density at radius 1 is 1.19 bits per heavy atom. The van der Waals surface area contributed by atoms with Crippen LogP contribution in [0.15, 0.2) is 47.1 Å². The first-order valence-electron chi connectivity index (χ1n) is 13.3. The van der Waals surface area contributed by atoms with E-state index in [1.165, 1.54) is 40.0 Å². The maximum Gasteiger partial charge on any atom is 0.160 e. The van der Waals surface area contributed by atoms with Crippen LogP contribution in [0.3, 0.4) is 0 Å². The Morgan fingerprint density at radius 2 is 1.83 bits per heavy atom. The number of anilines is 1. The minimum absolute atomic E-state index is 0.0325. The van der Waals surface area contributed by atoms with Gasteiger partial charge in [-0.15, -0.1) is 6.42 Å². The van der Waals surface area contributed by atoms with Gasteiger partial charge >= 0.3 is 0 Å². The van der Waals surface area contributed by atoms with Crippen molar-refractivity contribution in [3.63, 3.8) is 0 Å². The highest BCUT2D eigenvalue weighted by atomic mass is 16.1. The molecule has 0 heterocycles. The van der Waals surface area contributed by atoms with Crippen LogP contribution < -0.4 is 4.90 Å². The lowest BCUT2D eigenvalue weighted by Crippen LogP contribution is -2.65. The van der Waals surface area contributed by atoms with Crippen LogP contribution in [0.25, 0.3) is 5.57 Å². The lowest BCUT2D eigenvalue weighted by Gasteiger charge is -2.72. The highest BCUT2D eigenvalue weighted by molar-refractivity contribution is 6.00. The summed E-state index contributed by atoms with van der Waals surface area (Å²) in [6, 6.07) is 2.18. The molecule has 2 heteroatoms. The molecule has 0 aliphatic heterocycles. The molecule has 0 amide bonds. The third-order valence-electron chi connectivity index (χ3n) is 10.9. The van der Waals surface area contributed by atoms with Crippen molar-refractivity contribution in [2.45, 2.75) is 67.7 Å². The van der Waals surface area contributed by atoms with E-state index in [2.05, 4.69) is 79.1 Å². The number of benzene rings is 1. The molecule has 36 heavy (non-hydrogen) atoms. The van der Waals surface area contributed by atoms with Gasteiger partial charge in [-0.3, -0.25) is 4.79 Å². The van der Waals surface area contributed by atoms with E-state index in [-0.39, 0.29) is 22.0 Å². The number of rotatable bonds is 2. The molecular weight excluding hydrogens is 438 g/mol. The molecule has 2 nitrogen and oxygen atoms in total. The quantitative estimate of drug-likeness (QED) is 0.410. The summed E-state index contributed by atoms with van der Waals surface area (Å²) in [6.45, 7) is 25.0. The zero-order chi connectivity index (χ0) is 26.7. The van der Waals surface area contributed by atoms with Gasteiger partial charge in [0.05, 0.1) is 0 Å². The number of carbonyl (C=O) groups excluding carboxylic acids is 1. The van der Waals surface area contributed by atoms with Gasteiger partial charge in [-0.25, -0.2) is 0 Å². The molecule has 1 unspecified atom stereocenters. The standard InChI is InChI=1S/C34H41NO/c1-13-25-14-27(35(11)12)26-16-32(9)17-34-15-18(2)30(34)21(5)29(24(8)36)22(6)33(34,10)23(7)31(32)20(4)28(26)19(25)3/h1,14,18,30H,4,6,15-17H2,2-3,5,7-12H3/t18?,30-,32+,33+,34+/m1/s1. The van der Waals surface area contributed by atoms with Crippen LogP contribution in [0.2, 0.25) is 0 Å². The number of terminal acetylenes is 1. The van der Waals surface area contributed by atoms with Gasteiger partial charge in [0.25, 0.3) is 0 Å². The molecule has 4 aliphatic rings. The van der Waals surface area contributed by atoms with Gasteiger partial charge in [-0.2, -0.15) is 0 Å². The van der Waals surface area contributed by atoms with Crippen molar-refractivity contribution in [3.05, 3.63) is 69.3 Å². The number of carbonyl (C=O) groups is 1. The van der Waals surface area contributed by atoms with E-state index < -0.39 is 0 Å². The minimum Gasteiger partial charge on any atom is -0.377 e. The average Bonchev–Trinajstić information content (AvgIpc) is 2.75. The second-order valence-electron chi connectivity index (χ2n) is 12.9. The normalized spacial score (nSPS) is 34.8. The molecule has 1 fully saturated rings. The Kier molecular flexibility index (Phi) is 5.10. The number of allylic oxidation sites excluding steroid dienone is 6. The minimum atomic E-state index is -0.262. The predicted octanol–water partition coefficient (Wildman–Crippen LogP) is 7.46. The highest BCUT2D eigenvalue weighted by Gasteiger charge is 2.70. The van der Waals surface area contributed by atoms with Crippen molar-refractivity contribution in [1.82, 2.24) is 0 Å². The van der Waals surface area contributed by atoms with Gasteiger partial charge in [0.2, 0.25) is 0 Å². The predicted molar refractivity (Wildman–Crippen MR) is 152 cm³/mol. The van der Waals surface area contributed by atoms with E-state index in [9.17, 15) is 4.79 Å². The van der Waals surface area contributed by atoms with E-state index in [0.717, 1.165) is 40.7 Å². The first-order valence-corrected chi connectivity index (χ1v) is 13.3. The van der Waals surface area contributed by atoms with Crippen LogP contribution in [0.5, 0.6) is 0 Å². The molecule has 188 valence electrons. The fourth-order valence-electron chi connectivity index (χ4n) is 9.65. The molecule has 1 aromatic carbocycles. The van der Waals surface area contributed by atoms with Crippen molar-refractivity contribution in [2.75, 3.05) is 19.0 Å². The van der Waals surface area contributed by atoms with Crippen molar-refractivity contribution < 1.29 is 4.79 Å². The molecule has 0 N–H and O–H groups in total. The molecule has 1 saturated carbocycles. The molecule has 0 aromatic heterocycles. The Labute approximate surface area is 218 Å². The Hall–Kier alpha value is -2.79. The molecule has 4 aliphatic carbocycles. The number of fused-ring (bicyclic) bond motifs is 2. The van der Waals surface area contributed by atoms with Gasteiger partial charge in [0, 0.05) is 36.3 Å². The zero-order valence-electron chi connectivity index (χ0n) is 23.7. The monoisotopic (exact) mass is 479 g/mol. The van der Waals surface area contributed by atoms with Crippen LogP contribution in [-0.2, 0) is 11.2 Å². The lowest BCUT2D eigenvalue weighted by molar-refractivity contribution is -0.128. The smallest absolute Gasteiger partial charge is 0.160 e. The van der Waals surface area contributed by atoms with Crippen molar-refractivity contribution in [3.8, 4) is 12.3 Å². The number of hydrogen-bond donors (Lipinski definition) is 0. The van der Waals surface area contributed by atoms with E-state index in [4.69, 9.17) is 13.0 Å². The number of hydrogen-bond acceptors (Lipinski definition) is 2. The number of ketones is 1. The molecule has 1 spiro atoms. The van der Waals surface area contributed by atoms with Crippen LogP contribution in [0, 0.1) is 47.3 Å². The Balaban J connectivity index is 1.84. The maximum atomic E-state index is 12.9. The van der Waals surface area contributed by atoms with Crippen LogP contribution in [0.1, 0.15) is 76.6 Å². The van der Waals surface area contributed by atoms with Crippen LogP contribution >= 0.6 is 0 Å². The molecule has 0 bridgehead atoms. The largest absolute Gasteiger partial charge is 0.377 e. The highest BCUT2D eigenvalue weighted by Crippen LogP contribution is 2.78. The molecule has 0 radical (unpaired) electrons. The Morgan fingerprint density at radius 3 is 2.36 bits per heavy atom. The van der Waals surface area contributed by atoms with Gasteiger partial charge in [0.15, 0.2) is 5.78 Å². The maximum absolute atomic E-state index is 12.9. The summed E-state index contributed by atoms with van der Waals surface area (Å²) in [5, 5.41) is 0. The van der Waals surface area contributed by atoms with Gasteiger partial charge in [0.1, 0.15) is 0 Å². The van der Waals surface area contributed by atoms with Gasteiger partial charge in [-0.1, -0.05) is 51.0 Å². The van der Waals surface area contributed by atoms with Gasteiger partial charge < -0.3 is 4.90 Å². The zero-order valence-corrected chi connectivity index (χ0v) is 23.7. The van der Waals surface area contributed by atoms with E-state index in [0.29, 0.717) is 11.8 Å². The molecule has 0 saturated heterocycles. The molecule has 5 atom stereocenters. The van der Waals surface area contributed by atoms with Crippen LogP contribution in [0.4, 0.5) is 5.69 Å². The fraction of sp³-hybridized carbons (Fsp3) is 0.500. The average molecular weight is 480 g/mol. The summed E-state index contributed by atoms with van der Waals surface area (Å²) in [5.74, 6) is 4.05. The third kappa shape index (κ3) is 2.62. The van der Waals surface area contributed by atoms with Crippen LogP contribution in [-0.4, -0.2) is 19.9 Å². The van der Waals surface area contributed by atoms with Crippen molar-refractivity contribution in [2.24, 2.45) is 28.1 Å². The molecule has 1 aromatic rings. The van der Waals surface area contributed by atoms with E-state index >= 15 is 0 Å². The fourth-order valence-corrected chi connectivity index (χ4v) is 9.65.